The SMILES string of the molecule is CC(N)C(=O)NC1CCSc2ccc(Cl)cc21.Cl. The third-order valence-electron chi connectivity index (χ3n) is 2.74. The Morgan fingerprint density at radius 3 is 3.00 bits per heavy atom. The average molecular weight is 307 g/mol. The van der Waals surface area contributed by atoms with Gasteiger partial charge in [0.1, 0.15) is 0 Å². The van der Waals surface area contributed by atoms with Crippen LogP contribution in [-0.4, -0.2) is 17.7 Å². The average Bonchev–Trinajstić information content (AvgIpc) is 2.29. The minimum atomic E-state index is -0.479. The molecule has 0 aromatic heterocycles. The number of hydrogen-bond acceptors (Lipinski definition) is 3. The van der Waals surface area contributed by atoms with Gasteiger partial charge in [0.05, 0.1) is 12.1 Å². The number of rotatable bonds is 2. The molecule has 3 nitrogen and oxygen atoms in total. The Hall–Kier alpha value is -0.420. The molecule has 0 saturated carbocycles. The molecular formula is C12H16Cl2N2OS. The monoisotopic (exact) mass is 306 g/mol. The molecule has 2 atom stereocenters. The highest BCUT2D eigenvalue weighted by Crippen LogP contribution is 2.37. The molecule has 2 unspecified atom stereocenters. The minimum Gasteiger partial charge on any atom is -0.348 e. The first-order valence-corrected chi connectivity index (χ1v) is 6.92. The van der Waals surface area contributed by atoms with Crippen LogP contribution < -0.4 is 11.1 Å². The maximum Gasteiger partial charge on any atom is 0.237 e. The van der Waals surface area contributed by atoms with Gasteiger partial charge in [-0.05, 0) is 37.1 Å². The van der Waals surface area contributed by atoms with Gasteiger partial charge >= 0.3 is 0 Å². The Morgan fingerprint density at radius 2 is 2.33 bits per heavy atom. The third kappa shape index (κ3) is 3.54. The Kier molecular flexibility index (Phi) is 5.79. The number of carbonyl (C=O) groups excluding carboxylic acids is 1. The smallest absolute Gasteiger partial charge is 0.237 e. The van der Waals surface area contributed by atoms with Gasteiger partial charge < -0.3 is 11.1 Å². The van der Waals surface area contributed by atoms with E-state index >= 15 is 0 Å². The van der Waals surface area contributed by atoms with Crippen molar-refractivity contribution in [2.24, 2.45) is 5.73 Å². The van der Waals surface area contributed by atoms with E-state index in [2.05, 4.69) is 5.32 Å². The fourth-order valence-electron chi connectivity index (χ4n) is 1.82. The lowest BCUT2D eigenvalue weighted by molar-refractivity contribution is -0.122. The molecule has 1 amide bonds. The molecule has 100 valence electrons. The summed E-state index contributed by atoms with van der Waals surface area (Å²) in [5, 5.41) is 3.67. The third-order valence-corrected chi connectivity index (χ3v) is 4.10. The van der Waals surface area contributed by atoms with Gasteiger partial charge in [-0.3, -0.25) is 4.79 Å². The largest absolute Gasteiger partial charge is 0.348 e. The molecule has 18 heavy (non-hydrogen) atoms. The Labute approximate surface area is 122 Å². The molecule has 0 fully saturated rings. The van der Waals surface area contributed by atoms with Crippen LogP contribution >= 0.6 is 35.8 Å². The van der Waals surface area contributed by atoms with Gasteiger partial charge in [0, 0.05) is 15.7 Å². The predicted molar refractivity (Wildman–Crippen MR) is 78.6 cm³/mol. The van der Waals surface area contributed by atoms with Crippen molar-refractivity contribution in [3.05, 3.63) is 28.8 Å². The Morgan fingerprint density at radius 1 is 1.61 bits per heavy atom. The maximum absolute atomic E-state index is 11.6. The molecule has 0 radical (unpaired) electrons. The van der Waals surface area contributed by atoms with Crippen molar-refractivity contribution in [3.8, 4) is 0 Å². The number of hydrogen-bond donors (Lipinski definition) is 2. The van der Waals surface area contributed by atoms with Gasteiger partial charge in [-0.2, -0.15) is 0 Å². The van der Waals surface area contributed by atoms with Gasteiger partial charge in [-0.25, -0.2) is 0 Å². The van der Waals surface area contributed by atoms with Crippen LogP contribution in [0.15, 0.2) is 23.1 Å². The highest BCUT2D eigenvalue weighted by atomic mass is 35.5. The lowest BCUT2D eigenvalue weighted by atomic mass is 10.0. The summed E-state index contributed by atoms with van der Waals surface area (Å²) >= 11 is 7.79. The highest BCUT2D eigenvalue weighted by molar-refractivity contribution is 7.99. The number of carbonyl (C=O) groups is 1. The van der Waals surface area contributed by atoms with E-state index < -0.39 is 6.04 Å². The zero-order valence-corrected chi connectivity index (χ0v) is 12.4. The first kappa shape index (κ1) is 15.6. The summed E-state index contributed by atoms with van der Waals surface area (Å²) in [6.45, 7) is 1.69. The summed E-state index contributed by atoms with van der Waals surface area (Å²) in [5.41, 5.74) is 6.66. The zero-order chi connectivity index (χ0) is 12.4. The minimum absolute atomic E-state index is 0. The van der Waals surface area contributed by atoms with Crippen molar-refractivity contribution >= 4 is 41.7 Å². The van der Waals surface area contributed by atoms with Crippen LogP contribution in [0.25, 0.3) is 0 Å². The number of nitrogens with one attached hydrogen (secondary N) is 1. The number of thioether (sulfide) groups is 1. The molecular weight excluding hydrogens is 291 g/mol. The van der Waals surface area contributed by atoms with Gasteiger partial charge in [0.15, 0.2) is 0 Å². The summed E-state index contributed by atoms with van der Waals surface area (Å²) in [7, 11) is 0. The summed E-state index contributed by atoms with van der Waals surface area (Å²) < 4.78 is 0. The second kappa shape index (κ2) is 6.66. The van der Waals surface area contributed by atoms with Crippen molar-refractivity contribution in [1.29, 1.82) is 0 Å². The van der Waals surface area contributed by atoms with Crippen LogP contribution in [0.3, 0.4) is 0 Å². The summed E-state index contributed by atoms with van der Waals surface area (Å²) in [6, 6.07) is 5.36. The number of halogens is 2. The Bertz CT molecular complexity index is 440. The van der Waals surface area contributed by atoms with Crippen LogP contribution in [0, 0.1) is 0 Å². The molecule has 0 saturated heterocycles. The molecule has 3 N–H and O–H groups in total. The topological polar surface area (TPSA) is 55.1 Å². The molecule has 1 aromatic rings. The van der Waals surface area contributed by atoms with E-state index in [4.69, 9.17) is 17.3 Å². The second-order valence-corrected chi connectivity index (χ2v) is 5.74. The van der Waals surface area contributed by atoms with Crippen molar-refractivity contribution in [1.82, 2.24) is 5.32 Å². The predicted octanol–water partition coefficient (Wildman–Crippen LogP) is 2.76. The van der Waals surface area contributed by atoms with Crippen LogP contribution in [-0.2, 0) is 4.79 Å². The first-order valence-electron chi connectivity index (χ1n) is 5.56. The van der Waals surface area contributed by atoms with Crippen LogP contribution in [0.1, 0.15) is 24.9 Å². The van der Waals surface area contributed by atoms with E-state index in [-0.39, 0.29) is 24.4 Å². The molecule has 1 aliphatic heterocycles. The zero-order valence-electron chi connectivity index (χ0n) is 9.98. The molecule has 2 rings (SSSR count). The van der Waals surface area contributed by atoms with Crippen molar-refractivity contribution in [2.75, 3.05) is 5.75 Å². The van der Waals surface area contributed by atoms with E-state index in [1.807, 2.05) is 18.2 Å². The molecule has 1 aliphatic rings. The Balaban J connectivity index is 0.00000162. The van der Waals surface area contributed by atoms with E-state index in [0.717, 1.165) is 17.7 Å². The van der Waals surface area contributed by atoms with Crippen LogP contribution in [0.5, 0.6) is 0 Å². The summed E-state index contributed by atoms with van der Waals surface area (Å²) in [5.74, 6) is 0.881. The van der Waals surface area contributed by atoms with Crippen LogP contribution in [0.4, 0.5) is 0 Å². The second-order valence-electron chi connectivity index (χ2n) is 4.17. The first-order chi connectivity index (χ1) is 8.08. The van der Waals surface area contributed by atoms with Gasteiger partial charge in [0.25, 0.3) is 0 Å². The van der Waals surface area contributed by atoms with E-state index in [1.54, 1.807) is 18.7 Å². The number of fused-ring (bicyclic) bond motifs is 1. The van der Waals surface area contributed by atoms with Crippen molar-refractivity contribution in [2.45, 2.75) is 30.3 Å². The quantitative estimate of drug-likeness (QED) is 0.883. The summed E-state index contributed by atoms with van der Waals surface area (Å²) in [6.07, 6.45) is 0.913. The molecule has 0 spiro atoms. The lowest BCUT2D eigenvalue weighted by Crippen LogP contribution is -2.41. The standard InChI is InChI=1S/C12H15ClN2OS.ClH/c1-7(14)12(16)15-10-4-5-17-11-3-2-8(13)6-9(10)11;/h2-3,6-7,10H,4-5,14H2,1H3,(H,15,16);1H. The molecule has 0 aliphatic carbocycles. The molecule has 1 aromatic carbocycles. The fraction of sp³-hybridized carbons (Fsp3) is 0.417. The van der Waals surface area contributed by atoms with E-state index in [0.29, 0.717) is 5.02 Å². The van der Waals surface area contributed by atoms with Crippen molar-refractivity contribution < 1.29 is 4.79 Å². The number of amides is 1. The molecule has 1 heterocycles. The van der Waals surface area contributed by atoms with Gasteiger partial charge in [0.2, 0.25) is 5.91 Å². The van der Waals surface area contributed by atoms with Gasteiger partial charge in [-0.1, -0.05) is 11.6 Å². The molecule has 0 bridgehead atoms. The normalized spacial score (nSPS) is 19.4. The number of benzene rings is 1. The highest BCUT2D eigenvalue weighted by Gasteiger charge is 2.23. The summed E-state index contributed by atoms with van der Waals surface area (Å²) in [4.78, 5) is 12.8. The van der Waals surface area contributed by atoms with Gasteiger partial charge in [-0.15, -0.1) is 24.2 Å². The van der Waals surface area contributed by atoms with Crippen LogP contribution in [0.2, 0.25) is 5.02 Å². The maximum atomic E-state index is 11.6. The van der Waals surface area contributed by atoms with E-state index in [1.165, 1.54) is 4.90 Å². The fourth-order valence-corrected chi connectivity index (χ4v) is 3.10. The van der Waals surface area contributed by atoms with E-state index in [9.17, 15) is 4.79 Å². The molecule has 6 heteroatoms. The number of nitrogens with two attached hydrogens (primary N) is 1. The lowest BCUT2D eigenvalue weighted by Gasteiger charge is -2.26. The van der Waals surface area contributed by atoms with Crippen molar-refractivity contribution in [3.63, 3.8) is 0 Å².